The molecular formula is C29H36F2N6O2. The second-order valence-corrected chi connectivity index (χ2v) is 10.1. The second-order valence-electron chi connectivity index (χ2n) is 10.1. The van der Waals surface area contributed by atoms with Crippen molar-refractivity contribution in [2.24, 2.45) is 5.92 Å². The maximum absolute atomic E-state index is 14.9. The molecule has 1 N–H and O–H groups in total. The minimum atomic E-state index is -0.709. The Morgan fingerprint density at radius 2 is 1.67 bits per heavy atom. The molecule has 0 radical (unpaired) electrons. The lowest BCUT2D eigenvalue weighted by atomic mass is 9.98. The van der Waals surface area contributed by atoms with Gasteiger partial charge in [-0.25, -0.2) is 23.7 Å². The summed E-state index contributed by atoms with van der Waals surface area (Å²) in [5, 5.41) is 3.30. The first kappa shape index (κ1) is 27.2. The molecule has 0 saturated carbocycles. The maximum Gasteiger partial charge on any atom is 0.225 e. The van der Waals surface area contributed by atoms with E-state index in [1.807, 2.05) is 24.5 Å². The van der Waals surface area contributed by atoms with Crippen molar-refractivity contribution in [1.29, 1.82) is 0 Å². The van der Waals surface area contributed by atoms with Crippen molar-refractivity contribution in [2.75, 3.05) is 69.3 Å². The molecule has 0 aliphatic carbocycles. The number of hydrogen-bond acceptors (Lipinski definition) is 8. The van der Waals surface area contributed by atoms with Crippen molar-refractivity contribution in [1.82, 2.24) is 19.9 Å². The van der Waals surface area contributed by atoms with Gasteiger partial charge >= 0.3 is 0 Å². The topological polar surface area (TPSA) is 75.6 Å². The SMILES string of the molecule is CCc1cnc(N2CCC(COc3c(F)cc(-c4ccc(NCCN5CCOCC5)nc4)cc3F)CC2)nc1. The first-order valence-corrected chi connectivity index (χ1v) is 13.8. The summed E-state index contributed by atoms with van der Waals surface area (Å²) in [7, 11) is 0. The minimum Gasteiger partial charge on any atom is -0.487 e. The fourth-order valence-corrected chi connectivity index (χ4v) is 4.90. The van der Waals surface area contributed by atoms with Gasteiger partial charge in [0.15, 0.2) is 17.4 Å². The van der Waals surface area contributed by atoms with Gasteiger partial charge < -0.3 is 19.7 Å². The molecular weight excluding hydrogens is 502 g/mol. The van der Waals surface area contributed by atoms with Gasteiger partial charge in [-0.1, -0.05) is 6.92 Å². The number of benzene rings is 1. The summed E-state index contributed by atoms with van der Waals surface area (Å²) in [4.78, 5) is 17.8. The number of rotatable bonds is 10. The highest BCUT2D eigenvalue weighted by atomic mass is 19.1. The maximum atomic E-state index is 14.9. The molecule has 2 aliphatic heterocycles. The Morgan fingerprint density at radius 1 is 0.949 bits per heavy atom. The molecule has 1 aromatic carbocycles. The first-order valence-electron chi connectivity index (χ1n) is 13.8. The number of anilines is 2. The van der Waals surface area contributed by atoms with Crippen molar-refractivity contribution in [3.05, 3.63) is 60.1 Å². The van der Waals surface area contributed by atoms with E-state index in [4.69, 9.17) is 9.47 Å². The summed E-state index contributed by atoms with van der Waals surface area (Å²) < 4.78 is 40.8. The van der Waals surface area contributed by atoms with Crippen molar-refractivity contribution < 1.29 is 18.3 Å². The highest BCUT2D eigenvalue weighted by molar-refractivity contribution is 5.65. The van der Waals surface area contributed by atoms with Crippen molar-refractivity contribution in [3.63, 3.8) is 0 Å². The van der Waals surface area contributed by atoms with Crippen LogP contribution in [0, 0.1) is 17.6 Å². The lowest BCUT2D eigenvalue weighted by Gasteiger charge is -2.31. The van der Waals surface area contributed by atoms with Gasteiger partial charge in [0.1, 0.15) is 5.82 Å². The average molecular weight is 539 g/mol. The van der Waals surface area contributed by atoms with Gasteiger partial charge in [-0.15, -0.1) is 0 Å². The highest BCUT2D eigenvalue weighted by Crippen LogP contribution is 2.30. The summed E-state index contributed by atoms with van der Waals surface area (Å²) in [6.45, 7) is 9.00. The number of nitrogens with zero attached hydrogens (tertiary/aromatic N) is 5. The molecule has 0 spiro atoms. The fourth-order valence-electron chi connectivity index (χ4n) is 4.90. The van der Waals surface area contributed by atoms with Crippen LogP contribution in [0.1, 0.15) is 25.3 Å². The number of aromatic nitrogens is 3. The fraction of sp³-hybridized carbons (Fsp3) is 0.483. The van der Waals surface area contributed by atoms with E-state index in [0.29, 0.717) is 11.1 Å². The molecule has 0 amide bonds. The van der Waals surface area contributed by atoms with Gasteiger partial charge in [0.2, 0.25) is 5.95 Å². The number of pyridine rings is 1. The Bertz CT molecular complexity index is 1170. The number of hydrogen-bond donors (Lipinski definition) is 1. The van der Waals surface area contributed by atoms with Crippen LogP contribution in [0.4, 0.5) is 20.5 Å². The smallest absolute Gasteiger partial charge is 0.225 e. The molecule has 4 heterocycles. The summed E-state index contributed by atoms with van der Waals surface area (Å²) in [5.74, 6) is -0.0793. The van der Waals surface area contributed by atoms with E-state index in [0.717, 1.165) is 89.1 Å². The zero-order chi connectivity index (χ0) is 27.0. The number of piperidine rings is 1. The number of halogens is 2. The molecule has 8 nitrogen and oxygen atoms in total. The van der Waals surface area contributed by atoms with Gasteiger partial charge in [-0.3, -0.25) is 4.90 Å². The predicted octanol–water partition coefficient (Wildman–Crippen LogP) is 4.42. The minimum absolute atomic E-state index is 0.210. The molecule has 10 heteroatoms. The standard InChI is InChI=1S/C29H36F2N6O2/c1-2-21-17-34-29(35-18-21)37-8-5-22(6-9-37)20-39-28-25(30)15-24(16-26(28)31)23-3-4-27(33-19-23)32-7-10-36-11-13-38-14-12-36/h3-4,15-19,22H,2,5-14,20H2,1H3,(H,32,33). The van der Waals surface area contributed by atoms with Gasteiger partial charge in [0.25, 0.3) is 0 Å². The number of aryl methyl sites for hydroxylation is 1. The zero-order valence-corrected chi connectivity index (χ0v) is 22.4. The van der Waals surface area contributed by atoms with Crippen LogP contribution in [-0.2, 0) is 11.2 Å². The predicted molar refractivity (Wildman–Crippen MR) is 147 cm³/mol. The molecule has 0 unspecified atom stereocenters. The van der Waals surface area contributed by atoms with Crippen LogP contribution in [0.15, 0.2) is 42.9 Å². The largest absolute Gasteiger partial charge is 0.487 e. The van der Waals surface area contributed by atoms with Gasteiger partial charge in [0, 0.05) is 63.4 Å². The molecule has 208 valence electrons. The van der Waals surface area contributed by atoms with E-state index in [1.54, 1.807) is 6.20 Å². The Balaban J connectivity index is 1.11. The van der Waals surface area contributed by atoms with Crippen LogP contribution in [0.2, 0.25) is 0 Å². The van der Waals surface area contributed by atoms with Crippen LogP contribution in [-0.4, -0.2) is 78.9 Å². The lowest BCUT2D eigenvalue weighted by molar-refractivity contribution is 0.0398. The van der Waals surface area contributed by atoms with Gasteiger partial charge in [-0.05, 0) is 60.6 Å². The third-order valence-corrected chi connectivity index (χ3v) is 7.39. The van der Waals surface area contributed by atoms with Crippen LogP contribution >= 0.6 is 0 Å². The molecule has 3 aromatic rings. The van der Waals surface area contributed by atoms with E-state index in [2.05, 4.69) is 37.0 Å². The molecule has 2 aliphatic rings. The lowest BCUT2D eigenvalue weighted by Crippen LogP contribution is -2.39. The molecule has 2 fully saturated rings. The molecule has 39 heavy (non-hydrogen) atoms. The molecule has 0 atom stereocenters. The van der Waals surface area contributed by atoms with Crippen molar-refractivity contribution in [2.45, 2.75) is 26.2 Å². The van der Waals surface area contributed by atoms with Crippen LogP contribution in [0.5, 0.6) is 5.75 Å². The summed E-state index contributed by atoms with van der Waals surface area (Å²) in [5.41, 5.74) is 2.17. The normalized spacial score (nSPS) is 16.8. The third kappa shape index (κ3) is 7.19. The quantitative estimate of drug-likeness (QED) is 0.407. The summed E-state index contributed by atoms with van der Waals surface area (Å²) in [6.07, 6.45) is 7.95. The Morgan fingerprint density at radius 3 is 2.31 bits per heavy atom. The van der Waals surface area contributed by atoms with E-state index in [-0.39, 0.29) is 18.3 Å². The van der Waals surface area contributed by atoms with Crippen LogP contribution in [0.25, 0.3) is 11.1 Å². The van der Waals surface area contributed by atoms with E-state index < -0.39 is 11.6 Å². The zero-order valence-electron chi connectivity index (χ0n) is 22.4. The highest BCUT2D eigenvalue weighted by Gasteiger charge is 2.23. The third-order valence-electron chi connectivity index (χ3n) is 7.39. The van der Waals surface area contributed by atoms with Crippen LogP contribution in [0.3, 0.4) is 0 Å². The number of ether oxygens (including phenoxy) is 2. The Labute approximate surface area is 228 Å². The Hall–Kier alpha value is -3.37. The molecule has 2 aromatic heterocycles. The molecule has 2 saturated heterocycles. The second kappa shape index (κ2) is 13.1. The monoisotopic (exact) mass is 538 g/mol. The Kier molecular flexibility index (Phi) is 9.15. The summed E-state index contributed by atoms with van der Waals surface area (Å²) >= 11 is 0. The van der Waals surface area contributed by atoms with Gasteiger partial charge in [-0.2, -0.15) is 0 Å². The molecule has 0 bridgehead atoms. The van der Waals surface area contributed by atoms with E-state index >= 15 is 0 Å². The van der Waals surface area contributed by atoms with Crippen LogP contribution < -0.4 is 15.0 Å². The average Bonchev–Trinajstić information content (AvgIpc) is 2.98. The number of morpholine rings is 1. The summed E-state index contributed by atoms with van der Waals surface area (Å²) in [6, 6.07) is 6.25. The van der Waals surface area contributed by atoms with Gasteiger partial charge in [0.05, 0.1) is 19.8 Å². The molecule has 5 rings (SSSR count). The van der Waals surface area contributed by atoms with E-state index in [9.17, 15) is 8.78 Å². The van der Waals surface area contributed by atoms with Crippen molar-refractivity contribution in [3.8, 4) is 16.9 Å². The first-order chi connectivity index (χ1) is 19.1. The van der Waals surface area contributed by atoms with Crippen molar-refractivity contribution >= 4 is 11.8 Å². The number of nitrogens with one attached hydrogen (secondary N) is 1. The van der Waals surface area contributed by atoms with E-state index in [1.165, 1.54) is 12.1 Å².